The van der Waals surface area contributed by atoms with Gasteiger partial charge in [-0.2, -0.15) is 0 Å². The molecule has 3 heteroatoms. The zero-order valence-corrected chi connectivity index (χ0v) is 6.52. The zero-order valence-electron chi connectivity index (χ0n) is 6.52. The maximum Gasteiger partial charge on any atom is 0.311 e. The van der Waals surface area contributed by atoms with Crippen LogP contribution in [-0.4, -0.2) is 19.8 Å². The summed E-state index contributed by atoms with van der Waals surface area (Å²) in [4.78, 5) is 11.1. The average Bonchev–Trinajstić information content (AvgIpc) is 1.83. The van der Waals surface area contributed by atoms with Crippen molar-refractivity contribution in [2.75, 3.05) is 13.8 Å². The van der Waals surface area contributed by atoms with Crippen molar-refractivity contribution in [3.8, 4) is 0 Å². The number of esters is 1. The normalized spacial score (nSPS) is 45.6. The number of hydrogen-bond donors (Lipinski definition) is 0. The summed E-state index contributed by atoms with van der Waals surface area (Å²) in [5.41, 5.74) is -0.380. The van der Waals surface area contributed by atoms with Crippen LogP contribution in [0.25, 0.3) is 0 Å². The first-order valence-electron chi connectivity index (χ1n) is 3.81. The summed E-state index contributed by atoms with van der Waals surface area (Å²) in [5.74, 6) is -0.146. The van der Waals surface area contributed by atoms with Crippen molar-refractivity contribution < 1.29 is 13.9 Å². The van der Waals surface area contributed by atoms with Gasteiger partial charge in [0.15, 0.2) is 0 Å². The van der Waals surface area contributed by atoms with Gasteiger partial charge < -0.3 is 4.74 Å². The molecule has 0 aromatic carbocycles. The van der Waals surface area contributed by atoms with Crippen LogP contribution in [0.3, 0.4) is 0 Å². The Kier molecular flexibility index (Phi) is 1.13. The molecule has 0 atom stereocenters. The Hall–Kier alpha value is -0.600. The fourth-order valence-corrected chi connectivity index (χ4v) is 2.57. The van der Waals surface area contributed by atoms with Crippen LogP contribution in [0.1, 0.15) is 19.3 Å². The molecule has 0 amide bonds. The molecule has 2 bridgehead atoms. The number of carbonyl (C=O) groups excluding carboxylic acids is 1. The van der Waals surface area contributed by atoms with Gasteiger partial charge in [0, 0.05) is 5.41 Å². The first-order valence-corrected chi connectivity index (χ1v) is 3.81. The van der Waals surface area contributed by atoms with Gasteiger partial charge in [0.1, 0.15) is 0 Å². The van der Waals surface area contributed by atoms with Crippen molar-refractivity contribution in [2.45, 2.75) is 19.3 Å². The topological polar surface area (TPSA) is 26.3 Å². The molecule has 0 aromatic rings. The molecule has 3 rings (SSSR count). The lowest BCUT2D eigenvalue weighted by Crippen LogP contribution is -2.66. The monoisotopic (exact) mass is 158 g/mol. The Bertz CT molecular complexity index is 192. The Morgan fingerprint density at radius 2 is 2.09 bits per heavy atom. The molecule has 0 spiro atoms. The van der Waals surface area contributed by atoms with Crippen LogP contribution in [0.15, 0.2) is 0 Å². The van der Waals surface area contributed by atoms with Crippen LogP contribution in [-0.2, 0) is 9.53 Å². The second-order valence-electron chi connectivity index (χ2n) is 3.94. The van der Waals surface area contributed by atoms with Crippen molar-refractivity contribution in [3.63, 3.8) is 0 Å². The van der Waals surface area contributed by atoms with E-state index in [0.29, 0.717) is 19.3 Å². The lowest BCUT2D eigenvalue weighted by Gasteiger charge is -2.67. The number of ether oxygens (including phenoxy) is 1. The van der Waals surface area contributed by atoms with Crippen LogP contribution in [0.2, 0.25) is 0 Å². The molecule has 3 fully saturated rings. The van der Waals surface area contributed by atoms with Crippen molar-refractivity contribution in [2.24, 2.45) is 10.8 Å². The summed E-state index contributed by atoms with van der Waals surface area (Å²) in [5, 5.41) is 0. The molecule has 62 valence electrons. The maximum atomic E-state index is 12.2. The molecule has 0 aromatic heterocycles. The second-order valence-corrected chi connectivity index (χ2v) is 3.94. The van der Waals surface area contributed by atoms with Crippen molar-refractivity contribution in [1.82, 2.24) is 0 Å². The van der Waals surface area contributed by atoms with E-state index in [1.54, 1.807) is 0 Å². The summed E-state index contributed by atoms with van der Waals surface area (Å²) < 4.78 is 16.9. The molecule has 3 saturated carbocycles. The lowest BCUT2D eigenvalue weighted by molar-refractivity contribution is -0.229. The molecular weight excluding hydrogens is 147 g/mol. The van der Waals surface area contributed by atoms with Gasteiger partial charge in [0.05, 0.1) is 19.2 Å². The van der Waals surface area contributed by atoms with E-state index in [2.05, 4.69) is 4.74 Å². The van der Waals surface area contributed by atoms with Gasteiger partial charge in [-0.15, -0.1) is 0 Å². The molecule has 0 N–H and O–H groups in total. The van der Waals surface area contributed by atoms with Crippen LogP contribution < -0.4 is 0 Å². The predicted molar refractivity (Wildman–Crippen MR) is 36.7 cm³/mol. The van der Waals surface area contributed by atoms with Crippen LogP contribution in [0, 0.1) is 10.8 Å². The minimum atomic E-state index is -0.272. The van der Waals surface area contributed by atoms with Gasteiger partial charge in [0.2, 0.25) is 0 Å². The number of methoxy groups -OCH3 is 1. The van der Waals surface area contributed by atoms with Gasteiger partial charge in [0.25, 0.3) is 0 Å². The van der Waals surface area contributed by atoms with E-state index >= 15 is 0 Å². The molecule has 0 saturated heterocycles. The molecule has 3 aliphatic carbocycles. The van der Waals surface area contributed by atoms with E-state index in [1.807, 2.05) is 0 Å². The lowest BCUT2D eigenvalue weighted by atomic mass is 9.35. The van der Waals surface area contributed by atoms with Gasteiger partial charge in [-0.1, -0.05) is 0 Å². The van der Waals surface area contributed by atoms with E-state index in [-0.39, 0.29) is 23.5 Å². The molecule has 3 aliphatic rings. The van der Waals surface area contributed by atoms with E-state index in [4.69, 9.17) is 0 Å². The Balaban J connectivity index is 1.99. The van der Waals surface area contributed by atoms with Gasteiger partial charge >= 0.3 is 5.97 Å². The highest BCUT2D eigenvalue weighted by Gasteiger charge is 2.72. The molecule has 0 radical (unpaired) electrons. The largest absolute Gasteiger partial charge is 0.469 e. The summed E-state index contributed by atoms with van der Waals surface area (Å²) in [7, 11) is 1.39. The molecule has 0 aliphatic heterocycles. The van der Waals surface area contributed by atoms with Gasteiger partial charge in [-0.3, -0.25) is 9.18 Å². The third-order valence-electron chi connectivity index (χ3n) is 3.04. The van der Waals surface area contributed by atoms with Crippen LogP contribution >= 0.6 is 0 Å². The third kappa shape index (κ3) is 0.638. The SMILES string of the molecule is COC(=O)C12CC(CF)(C1)C2. The van der Waals surface area contributed by atoms with E-state index in [0.717, 1.165) is 0 Å². The predicted octanol–water partition coefficient (Wildman–Crippen LogP) is 1.30. The Morgan fingerprint density at radius 1 is 1.55 bits per heavy atom. The minimum absolute atomic E-state index is 0.117. The fourth-order valence-electron chi connectivity index (χ4n) is 2.57. The molecule has 11 heavy (non-hydrogen) atoms. The van der Waals surface area contributed by atoms with E-state index in [9.17, 15) is 9.18 Å². The zero-order chi connectivity index (χ0) is 8.11. The van der Waals surface area contributed by atoms with Crippen molar-refractivity contribution >= 4 is 5.97 Å². The van der Waals surface area contributed by atoms with Crippen molar-refractivity contribution in [3.05, 3.63) is 0 Å². The first-order chi connectivity index (χ1) is 5.16. The highest BCUT2D eigenvalue weighted by Crippen LogP contribution is 2.73. The first kappa shape index (κ1) is 7.07. The third-order valence-corrected chi connectivity index (χ3v) is 3.04. The number of rotatable bonds is 2. The highest BCUT2D eigenvalue weighted by atomic mass is 19.1. The Morgan fingerprint density at radius 3 is 2.45 bits per heavy atom. The molecule has 0 heterocycles. The highest BCUT2D eigenvalue weighted by molar-refractivity contribution is 5.81. The van der Waals surface area contributed by atoms with Crippen LogP contribution in [0.5, 0.6) is 0 Å². The number of hydrogen-bond acceptors (Lipinski definition) is 2. The molecular formula is C8H11FO2. The van der Waals surface area contributed by atoms with E-state index < -0.39 is 0 Å². The number of carbonyl (C=O) groups is 1. The summed E-state index contributed by atoms with van der Waals surface area (Å²) in [6.07, 6.45) is 2.13. The van der Waals surface area contributed by atoms with E-state index in [1.165, 1.54) is 7.11 Å². The quantitative estimate of drug-likeness (QED) is 0.566. The van der Waals surface area contributed by atoms with Crippen molar-refractivity contribution in [1.29, 1.82) is 0 Å². The smallest absolute Gasteiger partial charge is 0.311 e. The second kappa shape index (κ2) is 1.76. The number of alkyl halides is 1. The fraction of sp³-hybridized carbons (Fsp3) is 0.875. The minimum Gasteiger partial charge on any atom is -0.469 e. The average molecular weight is 158 g/mol. The number of halogens is 1. The van der Waals surface area contributed by atoms with Crippen LogP contribution in [0.4, 0.5) is 4.39 Å². The maximum absolute atomic E-state index is 12.2. The Labute approximate surface area is 64.7 Å². The summed E-state index contributed by atoms with van der Waals surface area (Å²) in [6, 6.07) is 0. The summed E-state index contributed by atoms with van der Waals surface area (Å²) in [6.45, 7) is -0.272. The van der Waals surface area contributed by atoms with Gasteiger partial charge in [-0.25, -0.2) is 0 Å². The summed E-state index contributed by atoms with van der Waals surface area (Å²) >= 11 is 0. The molecule has 0 unspecified atom stereocenters. The van der Waals surface area contributed by atoms with Gasteiger partial charge in [-0.05, 0) is 19.3 Å². The standard InChI is InChI=1S/C8H11FO2/c1-11-6(10)8-2-7(3-8,4-8)5-9/h2-5H2,1H3. The molecule has 2 nitrogen and oxygen atoms in total.